The summed E-state index contributed by atoms with van der Waals surface area (Å²) in [4.78, 5) is 16.2. The molecule has 14 heavy (non-hydrogen) atoms. The van der Waals surface area contributed by atoms with Crippen molar-refractivity contribution < 1.29 is 0 Å². The Morgan fingerprint density at radius 1 is 1.57 bits per heavy atom. The molecule has 1 aliphatic rings. The standard InChI is InChI=1S/C11H16N2O/c1-4-8-5-10(14)13-7-11(2,3)6-9(13)12-8/h5H,4,6-7H2,1-3H3. The number of rotatable bonds is 1. The molecule has 0 unspecified atom stereocenters. The highest BCUT2D eigenvalue weighted by Gasteiger charge is 2.30. The van der Waals surface area contributed by atoms with Crippen LogP contribution in [0.4, 0.5) is 0 Å². The molecule has 0 aliphatic carbocycles. The maximum atomic E-state index is 11.7. The zero-order valence-electron chi connectivity index (χ0n) is 9.00. The third kappa shape index (κ3) is 1.47. The van der Waals surface area contributed by atoms with Gasteiger partial charge in [-0.05, 0) is 11.8 Å². The van der Waals surface area contributed by atoms with Crippen molar-refractivity contribution in [3.05, 3.63) is 27.9 Å². The molecule has 2 rings (SSSR count). The molecule has 0 radical (unpaired) electrons. The minimum Gasteiger partial charge on any atom is -0.296 e. The minimum absolute atomic E-state index is 0.109. The summed E-state index contributed by atoms with van der Waals surface area (Å²) in [5.41, 5.74) is 1.21. The summed E-state index contributed by atoms with van der Waals surface area (Å²) in [6.07, 6.45) is 1.75. The molecular weight excluding hydrogens is 176 g/mol. The zero-order valence-corrected chi connectivity index (χ0v) is 9.00. The van der Waals surface area contributed by atoms with Crippen molar-refractivity contribution >= 4 is 0 Å². The quantitative estimate of drug-likeness (QED) is 0.674. The van der Waals surface area contributed by atoms with Crippen LogP contribution in [0.5, 0.6) is 0 Å². The van der Waals surface area contributed by atoms with Crippen molar-refractivity contribution in [1.29, 1.82) is 0 Å². The summed E-state index contributed by atoms with van der Waals surface area (Å²) in [7, 11) is 0. The lowest BCUT2D eigenvalue weighted by Crippen LogP contribution is -2.22. The summed E-state index contributed by atoms with van der Waals surface area (Å²) in [6.45, 7) is 7.18. The van der Waals surface area contributed by atoms with Crippen LogP contribution in [-0.2, 0) is 19.4 Å². The van der Waals surface area contributed by atoms with Crippen molar-refractivity contribution in [2.75, 3.05) is 0 Å². The number of aryl methyl sites for hydroxylation is 1. The Kier molecular flexibility index (Phi) is 1.98. The molecule has 0 fully saturated rings. The largest absolute Gasteiger partial charge is 0.296 e. The molecule has 0 spiro atoms. The highest BCUT2D eigenvalue weighted by atomic mass is 16.1. The van der Waals surface area contributed by atoms with Crippen LogP contribution in [0.2, 0.25) is 0 Å². The van der Waals surface area contributed by atoms with Gasteiger partial charge in [-0.3, -0.25) is 9.36 Å². The Balaban J connectivity index is 2.53. The molecule has 0 aromatic carbocycles. The van der Waals surface area contributed by atoms with E-state index in [1.165, 1.54) is 0 Å². The van der Waals surface area contributed by atoms with Crippen molar-refractivity contribution in [3.63, 3.8) is 0 Å². The Labute approximate surface area is 83.8 Å². The second-order valence-electron chi connectivity index (χ2n) is 4.78. The zero-order chi connectivity index (χ0) is 10.3. The molecule has 76 valence electrons. The third-order valence-corrected chi connectivity index (χ3v) is 2.73. The normalized spacial score (nSPS) is 18.2. The molecule has 3 nitrogen and oxygen atoms in total. The van der Waals surface area contributed by atoms with Gasteiger partial charge in [0.1, 0.15) is 5.82 Å². The molecule has 1 aromatic rings. The molecule has 2 heterocycles. The van der Waals surface area contributed by atoms with Crippen molar-refractivity contribution in [2.24, 2.45) is 5.41 Å². The molecule has 0 saturated heterocycles. The van der Waals surface area contributed by atoms with E-state index < -0.39 is 0 Å². The maximum absolute atomic E-state index is 11.7. The number of nitrogens with zero attached hydrogens (tertiary/aromatic N) is 2. The van der Waals surface area contributed by atoms with E-state index in [0.29, 0.717) is 0 Å². The molecule has 3 heteroatoms. The van der Waals surface area contributed by atoms with E-state index in [9.17, 15) is 4.79 Å². The summed E-state index contributed by atoms with van der Waals surface area (Å²) in [5, 5.41) is 0. The SMILES string of the molecule is CCc1cc(=O)n2c(n1)CC(C)(C)C2. The molecule has 0 atom stereocenters. The van der Waals surface area contributed by atoms with Gasteiger partial charge in [0, 0.05) is 24.7 Å². The molecular formula is C11H16N2O. The molecule has 0 N–H and O–H groups in total. The molecule has 0 saturated carbocycles. The minimum atomic E-state index is 0.109. The van der Waals surface area contributed by atoms with Gasteiger partial charge in [0.25, 0.3) is 5.56 Å². The smallest absolute Gasteiger partial charge is 0.253 e. The molecule has 0 amide bonds. The molecule has 1 aromatic heterocycles. The van der Waals surface area contributed by atoms with E-state index in [2.05, 4.69) is 18.8 Å². The third-order valence-electron chi connectivity index (χ3n) is 2.73. The Bertz CT molecular complexity index is 418. The summed E-state index contributed by atoms with van der Waals surface area (Å²) >= 11 is 0. The predicted molar refractivity (Wildman–Crippen MR) is 55.4 cm³/mol. The fraction of sp³-hybridized carbons (Fsp3) is 0.636. The summed E-state index contributed by atoms with van der Waals surface area (Å²) < 4.78 is 1.80. The first-order valence-corrected chi connectivity index (χ1v) is 5.11. The van der Waals surface area contributed by atoms with Gasteiger partial charge in [-0.1, -0.05) is 20.8 Å². The van der Waals surface area contributed by atoms with E-state index >= 15 is 0 Å². The Morgan fingerprint density at radius 3 is 2.93 bits per heavy atom. The van der Waals surface area contributed by atoms with Crippen LogP contribution in [-0.4, -0.2) is 9.55 Å². The number of hydrogen-bond acceptors (Lipinski definition) is 2. The van der Waals surface area contributed by atoms with Crippen LogP contribution < -0.4 is 5.56 Å². The fourth-order valence-electron chi connectivity index (χ4n) is 2.00. The van der Waals surface area contributed by atoms with Crippen molar-refractivity contribution in [3.8, 4) is 0 Å². The van der Waals surface area contributed by atoms with Crippen LogP contribution in [0.25, 0.3) is 0 Å². The van der Waals surface area contributed by atoms with Gasteiger partial charge < -0.3 is 0 Å². The second-order valence-corrected chi connectivity index (χ2v) is 4.78. The van der Waals surface area contributed by atoms with Crippen molar-refractivity contribution in [2.45, 2.75) is 40.2 Å². The average molecular weight is 192 g/mol. The maximum Gasteiger partial charge on any atom is 0.253 e. The second kappa shape index (κ2) is 2.94. The number of fused-ring (bicyclic) bond motifs is 1. The van der Waals surface area contributed by atoms with Gasteiger partial charge >= 0.3 is 0 Å². The highest BCUT2D eigenvalue weighted by Crippen LogP contribution is 2.28. The first kappa shape index (κ1) is 9.44. The Hall–Kier alpha value is -1.12. The first-order valence-electron chi connectivity index (χ1n) is 5.11. The van der Waals surface area contributed by atoms with Gasteiger partial charge in [-0.15, -0.1) is 0 Å². The van der Waals surface area contributed by atoms with E-state index in [-0.39, 0.29) is 11.0 Å². The van der Waals surface area contributed by atoms with Crippen LogP contribution in [0.3, 0.4) is 0 Å². The first-order chi connectivity index (χ1) is 6.52. The molecule has 0 bridgehead atoms. The summed E-state index contributed by atoms with van der Waals surface area (Å²) in [5.74, 6) is 0.958. The fourth-order valence-corrected chi connectivity index (χ4v) is 2.00. The highest BCUT2D eigenvalue weighted by molar-refractivity contribution is 5.09. The van der Waals surface area contributed by atoms with Crippen LogP contribution >= 0.6 is 0 Å². The van der Waals surface area contributed by atoms with Gasteiger partial charge in [0.15, 0.2) is 0 Å². The van der Waals surface area contributed by atoms with E-state index in [1.54, 1.807) is 10.6 Å². The van der Waals surface area contributed by atoms with Crippen LogP contribution in [0.15, 0.2) is 10.9 Å². The van der Waals surface area contributed by atoms with Crippen LogP contribution in [0, 0.1) is 5.41 Å². The van der Waals surface area contributed by atoms with E-state index in [1.807, 2.05) is 6.92 Å². The lowest BCUT2D eigenvalue weighted by atomic mass is 9.92. The topological polar surface area (TPSA) is 34.9 Å². The lowest BCUT2D eigenvalue weighted by Gasteiger charge is -2.13. The predicted octanol–water partition coefficient (Wildman–Crippen LogP) is 1.39. The lowest BCUT2D eigenvalue weighted by molar-refractivity contribution is 0.357. The van der Waals surface area contributed by atoms with Gasteiger partial charge in [0.2, 0.25) is 0 Å². The average Bonchev–Trinajstić information content (AvgIpc) is 2.40. The van der Waals surface area contributed by atoms with Crippen molar-refractivity contribution in [1.82, 2.24) is 9.55 Å². The number of aromatic nitrogens is 2. The van der Waals surface area contributed by atoms with Crippen LogP contribution in [0.1, 0.15) is 32.3 Å². The van der Waals surface area contributed by atoms with E-state index in [4.69, 9.17) is 0 Å². The molecule has 1 aliphatic heterocycles. The van der Waals surface area contributed by atoms with E-state index in [0.717, 1.165) is 30.9 Å². The number of hydrogen-bond donors (Lipinski definition) is 0. The summed E-state index contributed by atoms with van der Waals surface area (Å²) in [6, 6.07) is 1.66. The van der Waals surface area contributed by atoms with Gasteiger partial charge in [0.05, 0.1) is 0 Å². The monoisotopic (exact) mass is 192 g/mol. The van der Waals surface area contributed by atoms with Gasteiger partial charge in [-0.25, -0.2) is 4.98 Å². The Morgan fingerprint density at radius 2 is 2.29 bits per heavy atom. The van der Waals surface area contributed by atoms with Gasteiger partial charge in [-0.2, -0.15) is 0 Å².